The zero-order valence-corrected chi connectivity index (χ0v) is 11.6. The van der Waals surface area contributed by atoms with Crippen molar-refractivity contribution >= 4 is 22.4 Å². The van der Waals surface area contributed by atoms with Crippen LogP contribution < -0.4 is 10.6 Å². The zero-order chi connectivity index (χ0) is 16.4. The second-order valence-electron chi connectivity index (χ2n) is 4.09. The van der Waals surface area contributed by atoms with E-state index in [4.69, 9.17) is 0 Å². The molecule has 2 N–H and O–H groups in total. The van der Waals surface area contributed by atoms with Crippen molar-refractivity contribution in [3.05, 3.63) is 11.1 Å². The number of hydrogen-bond acceptors (Lipinski definition) is 4. The maximum Gasteiger partial charge on any atom is 0.409 e. The monoisotopic (exact) mass is 335 g/mol. The van der Waals surface area contributed by atoms with Crippen LogP contribution in [0.2, 0.25) is 0 Å². The third-order valence-electron chi connectivity index (χ3n) is 2.55. The summed E-state index contributed by atoms with van der Waals surface area (Å²) in [5.74, 6) is -6.29. The summed E-state index contributed by atoms with van der Waals surface area (Å²) in [4.78, 5) is 15.0. The van der Waals surface area contributed by atoms with E-state index < -0.39 is 24.2 Å². The van der Waals surface area contributed by atoms with Crippen LogP contribution >= 0.6 is 11.3 Å². The Morgan fingerprint density at radius 2 is 1.76 bits per heavy atom. The van der Waals surface area contributed by atoms with Crippen LogP contribution in [-0.4, -0.2) is 30.3 Å². The molecule has 0 fully saturated rings. The van der Waals surface area contributed by atoms with E-state index in [1.54, 1.807) is 19.3 Å². The zero-order valence-electron chi connectivity index (χ0n) is 10.8. The molecule has 0 bridgehead atoms. The first-order valence-electron chi connectivity index (χ1n) is 5.53. The van der Waals surface area contributed by atoms with Crippen molar-refractivity contribution in [2.45, 2.75) is 25.3 Å². The Kier molecular flexibility index (Phi) is 5.20. The Morgan fingerprint density at radius 3 is 2.19 bits per heavy atom. The van der Waals surface area contributed by atoms with Crippen LogP contribution in [-0.2, 0) is 4.79 Å². The van der Waals surface area contributed by atoms with E-state index in [0.29, 0.717) is 5.69 Å². The van der Waals surface area contributed by atoms with Crippen molar-refractivity contribution in [3.8, 4) is 0 Å². The van der Waals surface area contributed by atoms with Crippen LogP contribution in [0.5, 0.6) is 0 Å². The number of hydrogen-bond donors (Lipinski definition) is 2. The molecule has 4 nitrogen and oxygen atoms in total. The molecule has 0 radical (unpaired) electrons. The molecule has 120 valence electrons. The number of aromatic nitrogens is 1. The summed E-state index contributed by atoms with van der Waals surface area (Å²) in [5, 5.41) is 5.45. The van der Waals surface area contributed by atoms with Gasteiger partial charge in [-0.15, -0.1) is 11.3 Å². The largest absolute Gasteiger partial charge is 0.409 e. The van der Waals surface area contributed by atoms with E-state index in [1.165, 1.54) is 5.38 Å². The van der Waals surface area contributed by atoms with E-state index in [0.717, 1.165) is 11.3 Å². The molecule has 0 saturated heterocycles. The molecule has 1 atom stereocenters. The third-order valence-corrected chi connectivity index (χ3v) is 3.32. The highest BCUT2D eigenvalue weighted by molar-refractivity contribution is 7.13. The fraction of sp³-hybridized carbons (Fsp3) is 0.600. The average molecular weight is 335 g/mol. The number of carbonyl (C=O) groups excluding carboxylic acids is 1. The van der Waals surface area contributed by atoms with Gasteiger partial charge < -0.3 is 10.6 Å². The predicted octanol–water partition coefficient (Wildman–Crippen LogP) is 3.10. The number of rotatable bonds is 4. The van der Waals surface area contributed by atoms with Gasteiger partial charge in [0, 0.05) is 11.4 Å². The lowest BCUT2D eigenvalue weighted by atomic mass is 10.1. The maximum atomic E-state index is 12.3. The number of thiazole rings is 1. The van der Waals surface area contributed by atoms with Gasteiger partial charge in [0.25, 0.3) is 0 Å². The topological polar surface area (TPSA) is 54.0 Å². The molecule has 1 heterocycles. The number of carbonyl (C=O) groups is 1. The van der Waals surface area contributed by atoms with Crippen molar-refractivity contribution in [3.63, 3.8) is 0 Å². The van der Waals surface area contributed by atoms with Gasteiger partial charge in [-0.1, -0.05) is 0 Å². The molecule has 1 rings (SSSR count). The number of alkyl halides is 6. The number of halogens is 6. The van der Waals surface area contributed by atoms with E-state index in [-0.39, 0.29) is 11.2 Å². The van der Waals surface area contributed by atoms with Gasteiger partial charge in [0.15, 0.2) is 5.13 Å². The molecule has 0 aliphatic rings. The normalized spacial score (nSPS) is 14.3. The van der Waals surface area contributed by atoms with E-state index >= 15 is 0 Å². The summed E-state index contributed by atoms with van der Waals surface area (Å²) in [6, 6.07) is -0.257. The Balaban J connectivity index is 2.90. The summed E-state index contributed by atoms with van der Waals surface area (Å²) in [6.07, 6.45) is -11.4. The van der Waals surface area contributed by atoms with Crippen molar-refractivity contribution in [1.82, 2.24) is 10.3 Å². The highest BCUT2D eigenvalue weighted by Gasteiger charge is 2.61. The average Bonchev–Trinajstić information content (AvgIpc) is 2.72. The van der Waals surface area contributed by atoms with Crippen molar-refractivity contribution < 1.29 is 31.1 Å². The first-order valence-corrected chi connectivity index (χ1v) is 6.41. The predicted molar refractivity (Wildman–Crippen MR) is 63.8 cm³/mol. The molecule has 0 spiro atoms. The smallest absolute Gasteiger partial charge is 0.312 e. The van der Waals surface area contributed by atoms with Gasteiger partial charge in [-0.3, -0.25) is 4.79 Å². The van der Waals surface area contributed by atoms with Gasteiger partial charge in [0.1, 0.15) is 0 Å². The molecule has 1 aromatic rings. The molecule has 21 heavy (non-hydrogen) atoms. The lowest BCUT2D eigenvalue weighted by molar-refractivity contribution is -0.272. The summed E-state index contributed by atoms with van der Waals surface area (Å²) in [6.45, 7) is 1.69. The molecule has 0 aliphatic heterocycles. The first kappa shape index (κ1) is 17.7. The van der Waals surface area contributed by atoms with Gasteiger partial charge in [-0.05, 0) is 14.0 Å². The molecule has 1 amide bonds. The van der Waals surface area contributed by atoms with Crippen LogP contribution in [0.3, 0.4) is 0 Å². The molecule has 1 aromatic heterocycles. The lowest BCUT2D eigenvalue weighted by Crippen LogP contribution is -2.45. The minimum absolute atomic E-state index is 0.257. The maximum absolute atomic E-state index is 12.3. The molecule has 0 saturated carbocycles. The minimum atomic E-state index is -5.72. The summed E-state index contributed by atoms with van der Waals surface area (Å²) >= 11 is 0.742. The fourth-order valence-corrected chi connectivity index (χ4v) is 2.16. The lowest BCUT2D eigenvalue weighted by Gasteiger charge is -2.21. The quantitative estimate of drug-likeness (QED) is 0.832. The highest BCUT2D eigenvalue weighted by atomic mass is 32.1. The second-order valence-corrected chi connectivity index (χ2v) is 4.95. The van der Waals surface area contributed by atoms with Gasteiger partial charge >= 0.3 is 12.4 Å². The van der Waals surface area contributed by atoms with Crippen LogP contribution in [0.25, 0.3) is 0 Å². The van der Waals surface area contributed by atoms with Crippen LogP contribution in [0.4, 0.5) is 31.5 Å². The van der Waals surface area contributed by atoms with E-state index in [1.807, 2.05) is 0 Å². The molecular weight excluding hydrogens is 324 g/mol. The second kappa shape index (κ2) is 6.18. The summed E-state index contributed by atoms with van der Waals surface area (Å²) in [7, 11) is 1.60. The van der Waals surface area contributed by atoms with Gasteiger partial charge in [0.2, 0.25) is 11.8 Å². The fourth-order valence-electron chi connectivity index (χ4n) is 1.35. The van der Waals surface area contributed by atoms with Gasteiger partial charge in [-0.2, -0.15) is 26.3 Å². The molecule has 0 aromatic carbocycles. The van der Waals surface area contributed by atoms with Crippen molar-refractivity contribution in [2.24, 2.45) is 5.92 Å². The van der Waals surface area contributed by atoms with E-state index in [2.05, 4.69) is 10.3 Å². The Labute approximate surface area is 119 Å². The highest BCUT2D eigenvalue weighted by Crippen LogP contribution is 2.40. The third kappa shape index (κ3) is 4.56. The number of nitrogens with zero attached hydrogens (tertiary/aromatic N) is 1. The van der Waals surface area contributed by atoms with Crippen molar-refractivity contribution in [1.29, 1.82) is 0 Å². The SMILES string of the molecule is CNC(C)c1csc(NC(=O)C(C(F)(F)F)C(F)(F)F)n1. The molecule has 0 aliphatic carbocycles. The Bertz CT molecular complexity index is 484. The molecule has 1 unspecified atom stereocenters. The summed E-state index contributed by atoms with van der Waals surface area (Å²) in [5.41, 5.74) is 0.397. The first-order chi connectivity index (χ1) is 9.46. The number of nitrogens with one attached hydrogen (secondary N) is 2. The number of amides is 1. The minimum Gasteiger partial charge on any atom is -0.312 e. The van der Waals surface area contributed by atoms with Crippen LogP contribution in [0, 0.1) is 5.92 Å². The van der Waals surface area contributed by atoms with E-state index in [9.17, 15) is 31.1 Å². The van der Waals surface area contributed by atoms with Crippen LogP contribution in [0.1, 0.15) is 18.7 Å². The Hall–Kier alpha value is -1.36. The number of anilines is 1. The summed E-state index contributed by atoms with van der Waals surface area (Å²) < 4.78 is 74.1. The Morgan fingerprint density at radius 1 is 1.24 bits per heavy atom. The van der Waals surface area contributed by atoms with Crippen molar-refractivity contribution in [2.75, 3.05) is 12.4 Å². The van der Waals surface area contributed by atoms with Gasteiger partial charge in [-0.25, -0.2) is 4.98 Å². The standard InChI is InChI=1S/C10H11F6N3OS/c1-4(17-2)5-3-21-8(18-5)19-7(20)6(9(11,12)13)10(14,15)16/h3-4,6,17H,1-2H3,(H,18,19,20). The van der Waals surface area contributed by atoms with Gasteiger partial charge in [0.05, 0.1) is 5.69 Å². The molecular formula is C10H11F6N3OS. The van der Waals surface area contributed by atoms with Crippen LogP contribution in [0.15, 0.2) is 5.38 Å². The molecule has 11 heteroatoms.